The lowest BCUT2D eigenvalue weighted by molar-refractivity contribution is -0.118. The second-order valence-corrected chi connectivity index (χ2v) is 6.85. The fourth-order valence-electron chi connectivity index (χ4n) is 3.31. The van der Waals surface area contributed by atoms with Crippen LogP contribution in [0.5, 0.6) is 17.4 Å². The topological polar surface area (TPSA) is 80.8 Å². The first kappa shape index (κ1) is 19.4. The molecule has 4 rings (SSSR count). The van der Waals surface area contributed by atoms with E-state index in [1.165, 1.54) is 0 Å². The Morgan fingerprint density at radius 2 is 1.93 bits per heavy atom. The number of hydrogen-bond acceptors (Lipinski definition) is 5. The number of rotatable bonds is 6. The van der Waals surface area contributed by atoms with Crippen molar-refractivity contribution < 1.29 is 19.1 Å². The van der Waals surface area contributed by atoms with Crippen LogP contribution in [-0.4, -0.2) is 29.9 Å². The van der Waals surface area contributed by atoms with E-state index in [1.807, 2.05) is 24.3 Å². The number of pyridine rings is 1. The molecule has 0 unspecified atom stereocenters. The zero-order valence-electron chi connectivity index (χ0n) is 16.5. The van der Waals surface area contributed by atoms with E-state index in [1.54, 1.807) is 54.4 Å². The highest BCUT2D eigenvalue weighted by molar-refractivity contribution is 5.95. The van der Waals surface area contributed by atoms with Crippen LogP contribution in [0, 0.1) is 0 Å². The van der Waals surface area contributed by atoms with Crippen molar-refractivity contribution in [2.24, 2.45) is 0 Å². The summed E-state index contributed by atoms with van der Waals surface area (Å²) in [5.41, 5.74) is 2.63. The monoisotopic (exact) mass is 403 g/mol. The average Bonchev–Trinajstić information content (AvgIpc) is 3.17. The molecule has 1 aliphatic rings. The Hall–Kier alpha value is -3.87. The number of carbonyl (C=O) groups excluding carboxylic acids is 2. The van der Waals surface area contributed by atoms with Gasteiger partial charge < -0.3 is 19.7 Å². The summed E-state index contributed by atoms with van der Waals surface area (Å²) in [6.45, 7) is 2.09. The molecule has 2 heterocycles. The predicted octanol–water partition coefficient (Wildman–Crippen LogP) is 3.80. The standard InChI is InChI=1S/C23H21N3O4/c1-16(27)26-12-10-17-13-18(8-9-21(17)26)25-22(28)15-29-19-5-4-6-20(14-19)30-23-7-2-3-11-24-23/h2-9,11,13-14H,10,12,15H2,1H3,(H,25,28). The average molecular weight is 403 g/mol. The van der Waals surface area contributed by atoms with E-state index in [9.17, 15) is 9.59 Å². The van der Waals surface area contributed by atoms with Crippen LogP contribution in [0.15, 0.2) is 66.9 Å². The van der Waals surface area contributed by atoms with Crippen molar-refractivity contribution >= 4 is 23.2 Å². The molecule has 0 atom stereocenters. The molecule has 0 aliphatic carbocycles. The summed E-state index contributed by atoms with van der Waals surface area (Å²) >= 11 is 0. The smallest absolute Gasteiger partial charge is 0.262 e. The minimum absolute atomic E-state index is 0.0215. The van der Waals surface area contributed by atoms with E-state index in [4.69, 9.17) is 9.47 Å². The Bertz CT molecular complexity index is 1070. The maximum Gasteiger partial charge on any atom is 0.262 e. The molecule has 2 aromatic carbocycles. The minimum atomic E-state index is -0.271. The number of ether oxygens (including phenoxy) is 2. The predicted molar refractivity (Wildman–Crippen MR) is 113 cm³/mol. The Morgan fingerprint density at radius 3 is 2.73 bits per heavy atom. The van der Waals surface area contributed by atoms with Crippen LogP contribution >= 0.6 is 0 Å². The van der Waals surface area contributed by atoms with Gasteiger partial charge in [0.2, 0.25) is 11.8 Å². The quantitative estimate of drug-likeness (QED) is 0.677. The maximum atomic E-state index is 12.3. The van der Waals surface area contributed by atoms with E-state index < -0.39 is 0 Å². The Balaban J connectivity index is 1.33. The first-order valence-electron chi connectivity index (χ1n) is 9.61. The first-order chi connectivity index (χ1) is 14.6. The molecule has 0 bridgehead atoms. The highest BCUT2D eigenvalue weighted by Crippen LogP contribution is 2.30. The zero-order valence-corrected chi connectivity index (χ0v) is 16.5. The van der Waals surface area contributed by atoms with Gasteiger partial charge in [0.25, 0.3) is 5.91 Å². The van der Waals surface area contributed by atoms with Gasteiger partial charge in [-0.05, 0) is 48.4 Å². The third kappa shape index (κ3) is 4.57. The number of fused-ring (bicyclic) bond motifs is 1. The number of anilines is 2. The molecule has 152 valence electrons. The molecule has 30 heavy (non-hydrogen) atoms. The van der Waals surface area contributed by atoms with Crippen molar-refractivity contribution in [2.45, 2.75) is 13.3 Å². The Morgan fingerprint density at radius 1 is 1.07 bits per heavy atom. The zero-order chi connectivity index (χ0) is 20.9. The number of nitrogens with zero attached hydrogens (tertiary/aromatic N) is 2. The fraction of sp³-hybridized carbons (Fsp3) is 0.174. The molecule has 0 fully saturated rings. The summed E-state index contributed by atoms with van der Waals surface area (Å²) in [5.74, 6) is 1.32. The molecule has 0 radical (unpaired) electrons. The van der Waals surface area contributed by atoms with Gasteiger partial charge in [-0.2, -0.15) is 0 Å². The molecule has 3 aromatic rings. The second kappa shape index (κ2) is 8.65. The van der Waals surface area contributed by atoms with Crippen LogP contribution < -0.4 is 19.7 Å². The van der Waals surface area contributed by atoms with Crippen molar-refractivity contribution in [3.8, 4) is 17.4 Å². The van der Waals surface area contributed by atoms with Gasteiger partial charge in [-0.3, -0.25) is 9.59 Å². The molecule has 2 amide bonds. The van der Waals surface area contributed by atoms with Crippen LogP contribution in [0.3, 0.4) is 0 Å². The van der Waals surface area contributed by atoms with E-state index in [0.29, 0.717) is 29.6 Å². The van der Waals surface area contributed by atoms with Crippen LogP contribution in [0.2, 0.25) is 0 Å². The second-order valence-electron chi connectivity index (χ2n) is 6.85. The van der Waals surface area contributed by atoms with Gasteiger partial charge in [0.1, 0.15) is 11.5 Å². The summed E-state index contributed by atoms with van der Waals surface area (Å²) in [5, 5.41) is 2.83. The Labute approximate surface area is 174 Å². The molecular formula is C23H21N3O4. The highest BCUT2D eigenvalue weighted by Gasteiger charge is 2.22. The molecule has 1 N–H and O–H groups in total. The van der Waals surface area contributed by atoms with Crippen molar-refractivity contribution in [2.75, 3.05) is 23.4 Å². The normalized spacial score (nSPS) is 12.2. The Kier molecular flexibility index (Phi) is 5.61. The molecular weight excluding hydrogens is 382 g/mol. The van der Waals surface area contributed by atoms with E-state index in [0.717, 1.165) is 17.7 Å². The number of benzene rings is 2. The van der Waals surface area contributed by atoms with Gasteiger partial charge in [0.05, 0.1) is 0 Å². The summed E-state index contributed by atoms with van der Waals surface area (Å²) < 4.78 is 11.3. The van der Waals surface area contributed by atoms with Crippen LogP contribution in [0.1, 0.15) is 12.5 Å². The largest absolute Gasteiger partial charge is 0.484 e. The fourth-order valence-corrected chi connectivity index (χ4v) is 3.31. The SMILES string of the molecule is CC(=O)N1CCc2cc(NC(=O)COc3cccc(Oc4ccccn4)c3)ccc21. The maximum absolute atomic E-state index is 12.3. The van der Waals surface area contributed by atoms with Gasteiger partial charge in [-0.15, -0.1) is 0 Å². The third-order valence-electron chi connectivity index (χ3n) is 4.67. The number of carbonyl (C=O) groups is 2. The first-order valence-corrected chi connectivity index (χ1v) is 9.61. The molecule has 7 heteroatoms. The third-order valence-corrected chi connectivity index (χ3v) is 4.67. The molecule has 0 saturated heterocycles. The lowest BCUT2D eigenvalue weighted by Crippen LogP contribution is -2.25. The lowest BCUT2D eigenvalue weighted by Gasteiger charge is -2.15. The highest BCUT2D eigenvalue weighted by atomic mass is 16.5. The van der Waals surface area contributed by atoms with Crippen molar-refractivity contribution in [3.63, 3.8) is 0 Å². The number of nitrogens with one attached hydrogen (secondary N) is 1. The molecule has 1 aliphatic heterocycles. The van der Waals surface area contributed by atoms with Gasteiger partial charge in [0.15, 0.2) is 6.61 Å². The van der Waals surface area contributed by atoms with Crippen LogP contribution in [-0.2, 0) is 16.0 Å². The van der Waals surface area contributed by atoms with Gasteiger partial charge in [0, 0.05) is 43.2 Å². The summed E-state index contributed by atoms with van der Waals surface area (Å²) in [6, 6.07) is 18.0. The number of amides is 2. The molecule has 0 spiro atoms. The summed E-state index contributed by atoms with van der Waals surface area (Å²) in [4.78, 5) is 29.8. The summed E-state index contributed by atoms with van der Waals surface area (Å²) in [7, 11) is 0. The van der Waals surface area contributed by atoms with Crippen LogP contribution in [0.4, 0.5) is 11.4 Å². The number of aromatic nitrogens is 1. The van der Waals surface area contributed by atoms with Crippen molar-refractivity contribution in [3.05, 3.63) is 72.4 Å². The van der Waals surface area contributed by atoms with E-state index >= 15 is 0 Å². The van der Waals surface area contributed by atoms with E-state index in [2.05, 4.69) is 10.3 Å². The summed E-state index contributed by atoms with van der Waals surface area (Å²) in [6.07, 6.45) is 2.43. The van der Waals surface area contributed by atoms with Crippen molar-refractivity contribution in [1.29, 1.82) is 0 Å². The van der Waals surface area contributed by atoms with Gasteiger partial charge in [-0.1, -0.05) is 12.1 Å². The van der Waals surface area contributed by atoms with Crippen LogP contribution in [0.25, 0.3) is 0 Å². The minimum Gasteiger partial charge on any atom is -0.484 e. The van der Waals surface area contributed by atoms with Gasteiger partial charge >= 0.3 is 0 Å². The molecule has 0 saturated carbocycles. The van der Waals surface area contributed by atoms with Gasteiger partial charge in [-0.25, -0.2) is 4.98 Å². The van der Waals surface area contributed by atoms with Crippen molar-refractivity contribution in [1.82, 2.24) is 4.98 Å². The number of hydrogen-bond donors (Lipinski definition) is 1. The van der Waals surface area contributed by atoms with E-state index in [-0.39, 0.29) is 18.4 Å². The molecule has 1 aromatic heterocycles. The molecule has 7 nitrogen and oxygen atoms in total. The lowest BCUT2D eigenvalue weighted by atomic mass is 10.1.